The van der Waals surface area contributed by atoms with Crippen molar-refractivity contribution >= 4 is 11.6 Å². The molecule has 0 bridgehead atoms. The largest absolute Gasteiger partial charge is 0.494 e. The minimum absolute atomic E-state index is 0.0191. The minimum Gasteiger partial charge on any atom is -0.494 e. The number of ether oxygens (including phenoxy) is 1. The highest BCUT2D eigenvalue weighted by Crippen LogP contribution is 2.24. The Labute approximate surface area is 132 Å². The van der Waals surface area contributed by atoms with Crippen molar-refractivity contribution in [2.45, 2.75) is 18.8 Å². The van der Waals surface area contributed by atoms with Crippen LogP contribution in [0, 0.1) is 0 Å². The van der Waals surface area contributed by atoms with Crippen molar-refractivity contribution in [2.75, 3.05) is 20.2 Å². The minimum atomic E-state index is -0.0191. The summed E-state index contributed by atoms with van der Waals surface area (Å²) < 4.78 is 5.45. The highest BCUT2D eigenvalue weighted by Gasteiger charge is 2.11. The summed E-state index contributed by atoms with van der Waals surface area (Å²) in [6.45, 7) is 4.38. The summed E-state index contributed by atoms with van der Waals surface area (Å²) in [6.07, 6.45) is 0. The number of likely N-dealkylation sites (N-methyl/N-ethyl adjacent to an activating group) is 1. The third-order valence-corrected chi connectivity index (χ3v) is 3.71. The Balaban J connectivity index is 1.89. The smallest absolute Gasteiger partial charge is 0.119 e. The molecule has 0 amide bonds. The van der Waals surface area contributed by atoms with E-state index in [1.165, 1.54) is 5.56 Å². The molecular weight excluding hydrogens is 282 g/mol. The molecule has 2 aromatic rings. The van der Waals surface area contributed by atoms with E-state index in [0.717, 1.165) is 24.4 Å². The van der Waals surface area contributed by atoms with Crippen molar-refractivity contribution < 1.29 is 4.74 Å². The van der Waals surface area contributed by atoms with Gasteiger partial charge in [-0.2, -0.15) is 0 Å². The number of alkyl halides is 1. The fraction of sp³-hybridized carbons (Fsp3) is 0.333. The van der Waals surface area contributed by atoms with Gasteiger partial charge in [0.1, 0.15) is 5.75 Å². The molecule has 0 N–H and O–H groups in total. The van der Waals surface area contributed by atoms with Gasteiger partial charge in [-0.15, -0.1) is 11.6 Å². The Kier molecular flexibility index (Phi) is 6.09. The first-order valence-electron chi connectivity index (χ1n) is 7.28. The average Bonchev–Trinajstić information content (AvgIpc) is 2.49. The van der Waals surface area contributed by atoms with Crippen LogP contribution in [0.15, 0.2) is 54.6 Å². The molecule has 0 radical (unpaired) electrons. The van der Waals surface area contributed by atoms with Crippen LogP contribution < -0.4 is 4.74 Å². The molecule has 21 heavy (non-hydrogen) atoms. The fourth-order valence-corrected chi connectivity index (χ4v) is 2.66. The predicted molar refractivity (Wildman–Crippen MR) is 89.0 cm³/mol. The van der Waals surface area contributed by atoms with Gasteiger partial charge in [0.2, 0.25) is 0 Å². The summed E-state index contributed by atoms with van der Waals surface area (Å²) >= 11 is 6.51. The van der Waals surface area contributed by atoms with Gasteiger partial charge in [-0.05, 0) is 37.2 Å². The normalized spacial score (nSPS) is 12.4. The van der Waals surface area contributed by atoms with Gasteiger partial charge >= 0.3 is 0 Å². The zero-order valence-corrected chi connectivity index (χ0v) is 13.4. The second-order valence-electron chi connectivity index (χ2n) is 5.15. The van der Waals surface area contributed by atoms with Crippen LogP contribution in [0.3, 0.4) is 0 Å². The molecule has 0 heterocycles. The number of hydrogen-bond donors (Lipinski definition) is 0. The van der Waals surface area contributed by atoms with Gasteiger partial charge in [0.15, 0.2) is 0 Å². The van der Waals surface area contributed by atoms with E-state index in [9.17, 15) is 0 Å². The maximum absolute atomic E-state index is 6.51. The third kappa shape index (κ3) is 5.07. The topological polar surface area (TPSA) is 12.5 Å². The zero-order valence-electron chi connectivity index (χ0n) is 12.6. The van der Waals surface area contributed by atoms with Crippen molar-refractivity contribution in [3.05, 3.63) is 65.7 Å². The van der Waals surface area contributed by atoms with Crippen LogP contribution in [0.5, 0.6) is 5.75 Å². The van der Waals surface area contributed by atoms with Gasteiger partial charge in [0, 0.05) is 13.1 Å². The van der Waals surface area contributed by atoms with Crippen LogP contribution >= 0.6 is 11.6 Å². The summed E-state index contributed by atoms with van der Waals surface area (Å²) in [5.41, 5.74) is 2.43. The standard InChI is InChI=1S/C18H22ClNO/c1-3-21-17-11-9-16(10-12-17)18(19)14-20(2)13-15-7-5-4-6-8-15/h4-12,18H,3,13-14H2,1-2H3. The number of rotatable bonds is 7. The van der Waals surface area contributed by atoms with E-state index in [4.69, 9.17) is 16.3 Å². The second kappa shape index (κ2) is 8.06. The lowest BCUT2D eigenvalue weighted by atomic mass is 10.1. The lowest BCUT2D eigenvalue weighted by Crippen LogP contribution is -2.22. The van der Waals surface area contributed by atoms with E-state index >= 15 is 0 Å². The Hall–Kier alpha value is -1.51. The predicted octanol–water partition coefficient (Wildman–Crippen LogP) is 4.50. The van der Waals surface area contributed by atoms with Crippen LogP contribution in [0.25, 0.3) is 0 Å². The molecule has 0 saturated heterocycles. The zero-order chi connectivity index (χ0) is 15.1. The SMILES string of the molecule is CCOc1ccc(C(Cl)CN(C)Cc2ccccc2)cc1. The molecule has 0 spiro atoms. The van der Waals surface area contributed by atoms with Gasteiger partial charge in [-0.1, -0.05) is 42.5 Å². The molecular formula is C18H22ClNO. The molecule has 1 atom stereocenters. The Morgan fingerprint density at radius 2 is 1.71 bits per heavy atom. The molecule has 112 valence electrons. The first kappa shape index (κ1) is 15.9. The lowest BCUT2D eigenvalue weighted by Gasteiger charge is -2.20. The van der Waals surface area contributed by atoms with Crippen LogP contribution in [-0.4, -0.2) is 25.1 Å². The summed E-state index contributed by atoms with van der Waals surface area (Å²) in [5.74, 6) is 0.891. The molecule has 0 aromatic heterocycles. The summed E-state index contributed by atoms with van der Waals surface area (Å²) in [5, 5.41) is -0.0191. The quantitative estimate of drug-likeness (QED) is 0.698. The molecule has 0 fully saturated rings. The van der Waals surface area contributed by atoms with Crippen molar-refractivity contribution in [1.82, 2.24) is 4.90 Å². The van der Waals surface area contributed by atoms with Gasteiger partial charge in [-0.3, -0.25) is 0 Å². The van der Waals surface area contributed by atoms with E-state index in [-0.39, 0.29) is 5.38 Å². The molecule has 0 saturated carbocycles. The van der Waals surface area contributed by atoms with E-state index in [1.54, 1.807) is 0 Å². The Morgan fingerprint density at radius 1 is 1.05 bits per heavy atom. The molecule has 3 heteroatoms. The number of halogens is 1. The van der Waals surface area contributed by atoms with Crippen molar-refractivity contribution in [1.29, 1.82) is 0 Å². The van der Waals surface area contributed by atoms with Crippen LogP contribution in [0.2, 0.25) is 0 Å². The Morgan fingerprint density at radius 3 is 2.33 bits per heavy atom. The highest BCUT2D eigenvalue weighted by molar-refractivity contribution is 6.21. The average molecular weight is 304 g/mol. The maximum atomic E-state index is 6.51. The van der Waals surface area contributed by atoms with Crippen LogP contribution in [0.1, 0.15) is 23.4 Å². The summed E-state index contributed by atoms with van der Waals surface area (Å²) in [7, 11) is 2.09. The first-order chi connectivity index (χ1) is 10.2. The third-order valence-electron chi connectivity index (χ3n) is 3.32. The molecule has 0 aliphatic rings. The first-order valence-corrected chi connectivity index (χ1v) is 7.72. The van der Waals surface area contributed by atoms with Gasteiger partial charge in [0.05, 0.1) is 12.0 Å². The maximum Gasteiger partial charge on any atom is 0.119 e. The molecule has 2 nitrogen and oxygen atoms in total. The molecule has 0 aliphatic carbocycles. The monoisotopic (exact) mass is 303 g/mol. The number of nitrogens with zero attached hydrogens (tertiary/aromatic N) is 1. The number of hydrogen-bond acceptors (Lipinski definition) is 2. The van der Waals surface area contributed by atoms with Crippen LogP contribution in [0.4, 0.5) is 0 Å². The molecule has 2 rings (SSSR count). The highest BCUT2D eigenvalue weighted by atomic mass is 35.5. The van der Waals surface area contributed by atoms with Crippen molar-refractivity contribution in [2.24, 2.45) is 0 Å². The van der Waals surface area contributed by atoms with Crippen molar-refractivity contribution in [3.8, 4) is 5.75 Å². The van der Waals surface area contributed by atoms with Gasteiger partial charge in [-0.25, -0.2) is 0 Å². The van der Waals surface area contributed by atoms with E-state index in [2.05, 4.69) is 36.2 Å². The van der Waals surface area contributed by atoms with E-state index in [1.807, 2.05) is 37.3 Å². The Bertz CT molecular complexity index is 527. The number of benzene rings is 2. The van der Waals surface area contributed by atoms with Crippen LogP contribution in [-0.2, 0) is 6.54 Å². The van der Waals surface area contributed by atoms with Gasteiger partial charge < -0.3 is 9.64 Å². The van der Waals surface area contributed by atoms with Gasteiger partial charge in [0.25, 0.3) is 0 Å². The molecule has 0 aliphatic heterocycles. The van der Waals surface area contributed by atoms with E-state index in [0.29, 0.717) is 6.61 Å². The summed E-state index contributed by atoms with van der Waals surface area (Å²) in [4.78, 5) is 2.24. The molecule has 2 aromatic carbocycles. The summed E-state index contributed by atoms with van der Waals surface area (Å²) in [6, 6.07) is 18.5. The lowest BCUT2D eigenvalue weighted by molar-refractivity contribution is 0.326. The fourth-order valence-electron chi connectivity index (χ4n) is 2.28. The molecule has 1 unspecified atom stereocenters. The van der Waals surface area contributed by atoms with Crippen molar-refractivity contribution in [3.63, 3.8) is 0 Å². The second-order valence-corrected chi connectivity index (χ2v) is 5.68. The van der Waals surface area contributed by atoms with E-state index < -0.39 is 0 Å².